The minimum absolute atomic E-state index is 0.172. The van der Waals surface area contributed by atoms with Gasteiger partial charge >= 0.3 is 0 Å². The molecule has 0 aliphatic heterocycles. The van der Waals surface area contributed by atoms with E-state index in [1.165, 1.54) is 25.7 Å². The van der Waals surface area contributed by atoms with Crippen molar-refractivity contribution >= 4 is 0 Å². The molecule has 3 N–H and O–H groups in total. The molecule has 4 heteroatoms. The first kappa shape index (κ1) is 17.8. The normalized spacial score (nSPS) is 12.6. The van der Waals surface area contributed by atoms with Gasteiger partial charge in [-0.05, 0) is 43.6 Å². The van der Waals surface area contributed by atoms with E-state index in [0.717, 1.165) is 18.7 Å². The summed E-state index contributed by atoms with van der Waals surface area (Å²) in [6, 6.07) is 5.71. The summed E-state index contributed by atoms with van der Waals surface area (Å²) in [5, 5.41) is 9.74. The quantitative estimate of drug-likeness (QED) is 0.695. The Hall–Kier alpha value is -1.26. The smallest absolute Gasteiger partial charge is 0.160 e. The standard InChI is InChI=1S/C17H30N2O2/c1-4-6-10-19(11-7-5-2)15(13-18)14-8-9-16(20)17(12-14)21-3/h8-9,12,15,20H,4-7,10-11,13,18H2,1-3H3. The zero-order valence-corrected chi connectivity index (χ0v) is 13.6. The van der Waals surface area contributed by atoms with Gasteiger partial charge in [0.1, 0.15) is 0 Å². The van der Waals surface area contributed by atoms with E-state index >= 15 is 0 Å². The van der Waals surface area contributed by atoms with Gasteiger partial charge in [-0.1, -0.05) is 32.8 Å². The molecule has 1 unspecified atom stereocenters. The van der Waals surface area contributed by atoms with Crippen LogP contribution in [0.5, 0.6) is 11.5 Å². The van der Waals surface area contributed by atoms with Gasteiger partial charge in [-0.25, -0.2) is 0 Å². The van der Waals surface area contributed by atoms with Gasteiger partial charge in [-0.15, -0.1) is 0 Å². The summed E-state index contributed by atoms with van der Waals surface area (Å²) in [6.45, 7) is 7.10. The fraction of sp³-hybridized carbons (Fsp3) is 0.647. The Morgan fingerprint density at radius 1 is 1.19 bits per heavy atom. The number of hydrogen-bond acceptors (Lipinski definition) is 4. The van der Waals surface area contributed by atoms with Gasteiger partial charge in [0, 0.05) is 12.6 Å². The molecule has 1 aromatic rings. The molecule has 0 saturated carbocycles. The largest absolute Gasteiger partial charge is 0.504 e. The van der Waals surface area contributed by atoms with E-state index in [2.05, 4.69) is 18.7 Å². The first-order valence-electron chi connectivity index (χ1n) is 7.98. The van der Waals surface area contributed by atoms with Crippen molar-refractivity contribution < 1.29 is 9.84 Å². The molecule has 0 aromatic heterocycles. The van der Waals surface area contributed by atoms with Crippen LogP contribution in [-0.2, 0) is 0 Å². The number of rotatable bonds is 10. The highest BCUT2D eigenvalue weighted by Gasteiger charge is 2.19. The van der Waals surface area contributed by atoms with E-state index in [1.54, 1.807) is 13.2 Å². The van der Waals surface area contributed by atoms with Crippen LogP contribution in [0, 0.1) is 0 Å². The van der Waals surface area contributed by atoms with Crippen molar-refractivity contribution in [1.29, 1.82) is 0 Å². The molecule has 0 radical (unpaired) electrons. The molecular weight excluding hydrogens is 264 g/mol. The Morgan fingerprint density at radius 2 is 1.81 bits per heavy atom. The molecule has 4 nitrogen and oxygen atoms in total. The monoisotopic (exact) mass is 294 g/mol. The van der Waals surface area contributed by atoms with Gasteiger partial charge in [0.15, 0.2) is 11.5 Å². The van der Waals surface area contributed by atoms with E-state index < -0.39 is 0 Å². The van der Waals surface area contributed by atoms with Crippen LogP contribution in [0.3, 0.4) is 0 Å². The predicted octanol–water partition coefficient (Wildman–Crippen LogP) is 3.30. The number of benzene rings is 1. The summed E-state index contributed by atoms with van der Waals surface area (Å²) >= 11 is 0. The number of ether oxygens (including phenoxy) is 1. The maximum atomic E-state index is 9.74. The summed E-state index contributed by atoms with van der Waals surface area (Å²) in [4.78, 5) is 2.46. The maximum Gasteiger partial charge on any atom is 0.160 e. The first-order chi connectivity index (χ1) is 10.2. The fourth-order valence-electron chi connectivity index (χ4n) is 2.54. The molecule has 21 heavy (non-hydrogen) atoms. The van der Waals surface area contributed by atoms with Crippen LogP contribution < -0.4 is 10.5 Å². The molecule has 0 heterocycles. The predicted molar refractivity (Wildman–Crippen MR) is 87.8 cm³/mol. The lowest BCUT2D eigenvalue weighted by molar-refractivity contribution is 0.195. The van der Waals surface area contributed by atoms with Gasteiger partial charge in [0.05, 0.1) is 7.11 Å². The third kappa shape index (κ3) is 5.21. The average Bonchev–Trinajstić information content (AvgIpc) is 2.51. The highest BCUT2D eigenvalue weighted by atomic mass is 16.5. The maximum absolute atomic E-state index is 9.74. The van der Waals surface area contributed by atoms with Crippen LogP contribution in [-0.4, -0.2) is 36.8 Å². The molecule has 0 bridgehead atoms. The summed E-state index contributed by atoms with van der Waals surface area (Å²) in [5.41, 5.74) is 7.14. The minimum atomic E-state index is 0.172. The summed E-state index contributed by atoms with van der Waals surface area (Å²) < 4.78 is 5.21. The van der Waals surface area contributed by atoms with Crippen molar-refractivity contribution in [2.45, 2.75) is 45.6 Å². The van der Waals surface area contributed by atoms with Gasteiger partial charge < -0.3 is 15.6 Å². The fourth-order valence-corrected chi connectivity index (χ4v) is 2.54. The topological polar surface area (TPSA) is 58.7 Å². The number of phenols is 1. The van der Waals surface area contributed by atoms with Gasteiger partial charge in [-0.2, -0.15) is 0 Å². The van der Waals surface area contributed by atoms with Crippen molar-refractivity contribution in [1.82, 2.24) is 4.90 Å². The lowest BCUT2D eigenvalue weighted by Crippen LogP contribution is -2.35. The summed E-state index contributed by atoms with van der Waals surface area (Å²) in [7, 11) is 1.57. The zero-order chi connectivity index (χ0) is 15.7. The van der Waals surface area contributed by atoms with Gasteiger partial charge in [0.25, 0.3) is 0 Å². The first-order valence-corrected chi connectivity index (χ1v) is 7.98. The van der Waals surface area contributed by atoms with Crippen LogP contribution in [0.1, 0.15) is 51.1 Å². The van der Waals surface area contributed by atoms with Crippen molar-refractivity contribution in [3.63, 3.8) is 0 Å². The van der Waals surface area contributed by atoms with Crippen LogP contribution in [0.25, 0.3) is 0 Å². The minimum Gasteiger partial charge on any atom is -0.504 e. The molecule has 0 saturated heterocycles. The van der Waals surface area contributed by atoms with Gasteiger partial charge in [-0.3, -0.25) is 4.90 Å². The molecular formula is C17H30N2O2. The number of methoxy groups -OCH3 is 1. The molecule has 0 aliphatic carbocycles. The SMILES string of the molecule is CCCCN(CCCC)C(CN)c1ccc(O)c(OC)c1. The number of aromatic hydroxyl groups is 1. The van der Waals surface area contributed by atoms with Gasteiger partial charge in [0.2, 0.25) is 0 Å². The lowest BCUT2D eigenvalue weighted by Gasteiger charge is -2.31. The van der Waals surface area contributed by atoms with E-state index in [1.807, 2.05) is 12.1 Å². The molecule has 0 spiro atoms. The Balaban J connectivity index is 2.94. The Labute approximate surface area is 128 Å². The third-order valence-corrected chi connectivity index (χ3v) is 3.85. The van der Waals surface area contributed by atoms with Crippen molar-refractivity contribution in [3.8, 4) is 11.5 Å². The van der Waals surface area contributed by atoms with Crippen LogP contribution in [0.2, 0.25) is 0 Å². The molecule has 0 fully saturated rings. The Bertz CT molecular complexity index is 402. The number of nitrogens with two attached hydrogens (primary N) is 1. The van der Waals surface area contributed by atoms with Crippen molar-refractivity contribution in [2.24, 2.45) is 5.73 Å². The molecule has 0 aliphatic rings. The second-order valence-electron chi connectivity index (χ2n) is 5.43. The summed E-state index contributed by atoms with van der Waals surface area (Å²) in [5.74, 6) is 0.683. The number of hydrogen-bond donors (Lipinski definition) is 2. The lowest BCUT2D eigenvalue weighted by atomic mass is 10.0. The highest BCUT2D eigenvalue weighted by molar-refractivity contribution is 5.42. The van der Waals surface area contributed by atoms with E-state index in [0.29, 0.717) is 12.3 Å². The molecule has 1 atom stereocenters. The van der Waals surface area contributed by atoms with Crippen molar-refractivity contribution in [2.75, 3.05) is 26.7 Å². The number of unbranched alkanes of at least 4 members (excludes halogenated alkanes) is 2. The third-order valence-electron chi connectivity index (χ3n) is 3.85. The second kappa shape index (κ2) is 9.64. The Kier molecular flexibility index (Phi) is 8.16. The van der Waals surface area contributed by atoms with Crippen molar-refractivity contribution in [3.05, 3.63) is 23.8 Å². The summed E-state index contributed by atoms with van der Waals surface area (Å²) in [6.07, 6.45) is 4.71. The van der Waals surface area contributed by atoms with Crippen LogP contribution >= 0.6 is 0 Å². The molecule has 1 rings (SSSR count). The van der Waals surface area contributed by atoms with Crippen LogP contribution in [0.4, 0.5) is 0 Å². The highest BCUT2D eigenvalue weighted by Crippen LogP contribution is 2.31. The number of phenolic OH excluding ortho intramolecular Hbond substituents is 1. The van der Waals surface area contributed by atoms with E-state index in [9.17, 15) is 5.11 Å². The Morgan fingerprint density at radius 3 is 2.29 bits per heavy atom. The van der Waals surface area contributed by atoms with E-state index in [4.69, 9.17) is 10.5 Å². The molecule has 1 aromatic carbocycles. The zero-order valence-electron chi connectivity index (χ0n) is 13.6. The molecule has 120 valence electrons. The molecule has 0 amide bonds. The number of nitrogens with zero attached hydrogens (tertiary/aromatic N) is 1. The second-order valence-corrected chi connectivity index (χ2v) is 5.43. The van der Waals surface area contributed by atoms with Crippen LogP contribution in [0.15, 0.2) is 18.2 Å². The van der Waals surface area contributed by atoms with E-state index in [-0.39, 0.29) is 11.8 Å². The average molecular weight is 294 g/mol.